The number of urea groups is 1. The number of carbonyl (C=O) groups excluding carboxylic acids is 1. The number of aromatic nitrogens is 2. The van der Waals surface area contributed by atoms with Crippen molar-refractivity contribution in [3.8, 4) is 0 Å². The molecule has 6 N–H and O–H groups in total. The van der Waals surface area contributed by atoms with Gasteiger partial charge in [-0.1, -0.05) is 23.7 Å². The van der Waals surface area contributed by atoms with Crippen molar-refractivity contribution in [1.29, 1.82) is 0 Å². The molecule has 8 nitrogen and oxygen atoms in total. The molecule has 3 aromatic rings. The van der Waals surface area contributed by atoms with E-state index in [0.717, 1.165) is 6.07 Å². The molecule has 0 aliphatic carbocycles. The number of carbonyl (C=O) groups is 1. The van der Waals surface area contributed by atoms with Gasteiger partial charge in [-0.2, -0.15) is 0 Å². The van der Waals surface area contributed by atoms with Crippen LogP contribution in [0, 0.1) is 5.82 Å². The van der Waals surface area contributed by atoms with Crippen LogP contribution in [0.5, 0.6) is 0 Å². The van der Waals surface area contributed by atoms with Crippen LogP contribution in [0.15, 0.2) is 59.7 Å². The summed E-state index contributed by atoms with van der Waals surface area (Å²) in [5, 5.41) is 5.41. The molecule has 10 heteroatoms. The number of benzene rings is 2. The van der Waals surface area contributed by atoms with Crippen molar-refractivity contribution in [2.45, 2.75) is 26.3 Å². The number of nitrogens with one attached hydrogen (secondary N) is 2. The lowest BCUT2D eigenvalue weighted by atomic mass is 10.0. The van der Waals surface area contributed by atoms with Gasteiger partial charge in [0.2, 0.25) is 5.95 Å². The van der Waals surface area contributed by atoms with Crippen LogP contribution in [0.2, 0.25) is 5.02 Å². The summed E-state index contributed by atoms with van der Waals surface area (Å²) in [4.78, 5) is 25.2. The number of hydrogen-bond acceptors (Lipinski definition) is 6. The molecular weight excluding hydrogens is 457 g/mol. The van der Waals surface area contributed by atoms with E-state index in [1.165, 1.54) is 18.3 Å². The van der Waals surface area contributed by atoms with Crippen LogP contribution < -0.4 is 22.1 Å². The van der Waals surface area contributed by atoms with Crippen LogP contribution in [0.4, 0.5) is 26.5 Å². The third-order valence-corrected chi connectivity index (χ3v) is 4.74. The summed E-state index contributed by atoms with van der Waals surface area (Å²) in [7, 11) is 0. The zero-order valence-corrected chi connectivity index (χ0v) is 19.7. The van der Waals surface area contributed by atoms with Gasteiger partial charge in [-0.3, -0.25) is 4.99 Å². The van der Waals surface area contributed by atoms with Crippen molar-refractivity contribution < 1.29 is 9.18 Å². The predicted molar refractivity (Wildman–Crippen MR) is 136 cm³/mol. The number of nitrogen functional groups attached to an aromatic ring is 1. The average Bonchev–Trinajstić information content (AvgIpc) is 2.75. The Bertz CT molecular complexity index is 1270. The Labute approximate surface area is 202 Å². The first-order valence-electron chi connectivity index (χ1n) is 10.3. The summed E-state index contributed by atoms with van der Waals surface area (Å²) in [5.74, 6) is -0.401. The van der Waals surface area contributed by atoms with Gasteiger partial charge < -0.3 is 22.1 Å². The molecule has 1 heterocycles. The standard InChI is InChI=1S/C24H25ClFN7O/c1-24(2,3)30-13-17(21(27)20-9-10-29-22(28)32-20)14-5-4-6-16(11-14)31-23(34)33-19-8-7-15(26)12-18(19)25/h4-13H,27H2,1-3H3,(H2,28,29,32)(H2,31,33,34). The number of aliphatic imine (C=N–C) groups is 1. The summed E-state index contributed by atoms with van der Waals surface area (Å²) < 4.78 is 13.2. The minimum absolute atomic E-state index is 0.0874. The van der Waals surface area contributed by atoms with Crippen molar-refractivity contribution >= 4 is 52.4 Å². The Morgan fingerprint density at radius 3 is 2.59 bits per heavy atom. The second-order valence-electron chi connectivity index (χ2n) is 8.34. The maximum absolute atomic E-state index is 13.2. The summed E-state index contributed by atoms with van der Waals surface area (Å²) in [5.41, 5.74) is 14.7. The first-order valence-corrected chi connectivity index (χ1v) is 10.7. The van der Waals surface area contributed by atoms with Crippen molar-refractivity contribution in [3.05, 3.63) is 76.8 Å². The molecule has 0 bridgehead atoms. The van der Waals surface area contributed by atoms with Gasteiger partial charge in [0.25, 0.3) is 0 Å². The topological polar surface area (TPSA) is 131 Å². The molecule has 0 aliphatic heterocycles. The third-order valence-electron chi connectivity index (χ3n) is 4.43. The predicted octanol–water partition coefficient (Wildman–Crippen LogP) is 5.19. The van der Waals surface area contributed by atoms with E-state index >= 15 is 0 Å². The van der Waals surface area contributed by atoms with Crippen molar-refractivity contribution in [3.63, 3.8) is 0 Å². The largest absolute Gasteiger partial charge is 0.396 e. The highest BCUT2D eigenvalue weighted by molar-refractivity contribution is 6.33. The molecule has 0 aliphatic rings. The number of nitrogens with two attached hydrogens (primary N) is 2. The lowest BCUT2D eigenvalue weighted by Crippen LogP contribution is -2.19. The van der Waals surface area contributed by atoms with Gasteiger partial charge in [-0.05, 0) is 62.7 Å². The Hall–Kier alpha value is -3.98. The molecule has 1 aromatic heterocycles. The van der Waals surface area contributed by atoms with Gasteiger partial charge >= 0.3 is 6.03 Å². The molecule has 0 saturated carbocycles. The molecule has 0 atom stereocenters. The lowest BCUT2D eigenvalue weighted by Gasteiger charge is -2.15. The average molecular weight is 482 g/mol. The van der Waals surface area contributed by atoms with E-state index in [9.17, 15) is 9.18 Å². The third kappa shape index (κ3) is 6.76. The summed E-state index contributed by atoms with van der Waals surface area (Å²) in [6.07, 6.45) is 3.19. The van der Waals surface area contributed by atoms with E-state index in [1.807, 2.05) is 26.8 Å². The van der Waals surface area contributed by atoms with Crippen LogP contribution in [-0.2, 0) is 0 Å². The van der Waals surface area contributed by atoms with E-state index < -0.39 is 11.8 Å². The van der Waals surface area contributed by atoms with Gasteiger partial charge in [0.15, 0.2) is 0 Å². The summed E-state index contributed by atoms with van der Waals surface area (Å²) in [6, 6.07) is 11.9. The Morgan fingerprint density at radius 1 is 1.15 bits per heavy atom. The van der Waals surface area contributed by atoms with Gasteiger partial charge in [0, 0.05) is 23.7 Å². The normalized spacial score (nSPS) is 12.4. The number of anilines is 3. The van der Waals surface area contributed by atoms with E-state index in [1.54, 1.807) is 30.5 Å². The highest BCUT2D eigenvalue weighted by Gasteiger charge is 2.13. The SMILES string of the molecule is CC(C)(C)N=CC(=C(N)c1ccnc(N)n1)c1cccc(NC(=O)Nc2ccc(F)cc2Cl)c1. The number of rotatable bonds is 5. The zero-order chi connectivity index (χ0) is 24.9. The molecule has 0 unspecified atom stereocenters. The van der Waals surface area contributed by atoms with Crippen LogP contribution in [-0.4, -0.2) is 27.8 Å². The lowest BCUT2D eigenvalue weighted by molar-refractivity contribution is 0.262. The number of halogens is 2. The second-order valence-corrected chi connectivity index (χ2v) is 8.75. The van der Waals surface area contributed by atoms with Gasteiger partial charge in [0.05, 0.1) is 27.6 Å². The first kappa shape index (κ1) is 24.7. The first-order chi connectivity index (χ1) is 16.0. The second kappa shape index (κ2) is 10.3. The van der Waals surface area contributed by atoms with Crippen LogP contribution in [0.1, 0.15) is 32.0 Å². The Kier molecular flexibility index (Phi) is 7.47. The van der Waals surface area contributed by atoms with E-state index in [-0.39, 0.29) is 22.2 Å². The fraction of sp³-hybridized carbons (Fsp3) is 0.167. The Morgan fingerprint density at radius 2 is 1.91 bits per heavy atom. The number of hydrogen-bond donors (Lipinski definition) is 4. The minimum atomic E-state index is -0.545. The van der Waals surface area contributed by atoms with E-state index in [2.05, 4.69) is 25.6 Å². The maximum Gasteiger partial charge on any atom is 0.323 e. The van der Waals surface area contributed by atoms with Crippen LogP contribution in [0.3, 0.4) is 0 Å². The molecular formula is C24H25ClFN7O. The molecule has 0 spiro atoms. The van der Waals surface area contributed by atoms with Gasteiger partial charge in [0.1, 0.15) is 5.82 Å². The molecule has 2 aromatic carbocycles. The maximum atomic E-state index is 13.2. The van der Waals surface area contributed by atoms with Crippen molar-refractivity contribution in [2.24, 2.45) is 10.7 Å². The Balaban J connectivity index is 1.93. The van der Waals surface area contributed by atoms with Crippen LogP contribution in [0.25, 0.3) is 11.3 Å². The fourth-order valence-corrected chi connectivity index (χ4v) is 3.07. The molecule has 0 radical (unpaired) electrons. The number of nitrogens with zero attached hydrogens (tertiary/aromatic N) is 3. The fourth-order valence-electron chi connectivity index (χ4n) is 2.86. The smallest absolute Gasteiger partial charge is 0.323 e. The van der Waals surface area contributed by atoms with E-state index in [4.69, 9.17) is 23.1 Å². The quantitative estimate of drug-likeness (QED) is 0.372. The van der Waals surface area contributed by atoms with Crippen molar-refractivity contribution in [1.82, 2.24) is 9.97 Å². The molecule has 176 valence electrons. The molecule has 34 heavy (non-hydrogen) atoms. The molecule has 0 fully saturated rings. The highest BCUT2D eigenvalue weighted by Crippen LogP contribution is 2.25. The zero-order valence-electron chi connectivity index (χ0n) is 18.9. The van der Waals surface area contributed by atoms with Crippen molar-refractivity contribution in [2.75, 3.05) is 16.4 Å². The molecule has 0 saturated heterocycles. The monoisotopic (exact) mass is 481 g/mol. The summed E-state index contributed by atoms with van der Waals surface area (Å²) >= 11 is 5.98. The van der Waals surface area contributed by atoms with Gasteiger partial charge in [-0.15, -0.1) is 0 Å². The minimum Gasteiger partial charge on any atom is -0.396 e. The highest BCUT2D eigenvalue weighted by atomic mass is 35.5. The molecule has 2 amide bonds. The van der Waals surface area contributed by atoms with Crippen LogP contribution >= 0.6 is 11.6 Å². The number of allylic oxidation sites excluding steroid dienone is 1. The summed E-state index contributed by atoms with van der Waals surface area (Å²) in [6.45, 7) is 5.88. The molecule has 3 rings (SSSR count). The van der Waals surface area contributed by atoms with E-state index in [0.29, 0.717) is 28.2 Å². The van der Waals surface area contributed by atoms with Gasteiger partial charge in [-0.25, -0.2) is 19.2 Å². The number of amides is 2.